The van der Waals surface area contributed by atoms with Crippen molar-refractivity contribution in [1.82, 2.24) is 9.88 Å². The van der Waals surface area contributed by atoms with E-state index in [1.54, 1.807) is 13.1 Å². The van der Waals surface area contributed by atoms with Gasteiger partial charge < -0.3 is 0 Å². The fourth-order valence-corrected chi connectivity index (χ4v) is 1.32. The predicted molar refractivity (Wildman–Crippen MR) is 55.9 cm³/mol. The molecule has 0 unspecified atom stereocenters. The number of carbonyl (C=O) groups excluding carboxylic acids is 1. The highest BCUT2D eigenvalue weighted by molar-refractivity contribution is 5.77. The van der Waals surface area contributed by atoms with E-state index < -0.39 is 0 Å². The number of hydrogen-bond donors (Lipinski definition) is 0. The molecule has 0 aliphatic carbocycles. The van der Waals surface area contributed by atoms with E-state index in [4.69, 9.17) is 0 Å². The minimum absolute atomic E-state index is 0.197. The Balaban J connectivity index is 2.53. The van der Waals surface area contributed by atoms with Crippen LogP contribution in [0.1, 0.15) is 19.5 Å². The summed E-state index contributed by atoms with van der Waals surface area (Å²) in [4.78, 5) is 17.2. The van der Waals surface area contributed by atoms with E-state index in [-0.39, 0.29) is 5.78 Å². The van der Waals surface area contributed by atoms with Gasteiger partial charge in [-0.15, -0.1) is 0 Å². The smallest absolute Gasteiger partial charge is 0.143 e. The van der Waals surface area contributed by atoms with E-state index in [0.717, 1.165) is 18.8 Å². The number of ketones is 1. The van der Waals surface area contributed by atoms with Gasteiger partial charge in [-0.25, -0.2) is 0 Å². The molecule has 0 amide bonds. The van der Waals surface area contributed by atoms with Gasteiger partial charge in [0.2, 0.25) is 0 Å². The third kappa shape index (κ3) is 3.66. The summed E-state index contributed by atoms with van der Waals surface area (Å²) in [6.45, 7) is 5.78. The molecule has 14 heavy (non-hydrogen) atoms. The van der Waals surface area contributed by atoms with E-state index in [1.165, 1.54) is 0 Å². The van der Waals surface area contributed by atoms with Crippen molar-refractivity contribution >= 4 is 5.78 Å². The molecule has 0 fully saturated rings. The second kappa shape index (κ2) is 5.50. The first kappa shape index (κ1) is 10.9. The highest BCUT2D eigenvalue weighted by Crippen LogP contribution is 2.00. The molecule has 1 rings (SSSR count). The molecule has 0 atom stereocenters. The molecule has 1 aromatic heterocycles. The second-order valence-electron chi connectivity index (χ2n) is 3.33. The van der Waals surface area contributed by atoms with Crippen molar-refractivity contribution in [2.45, 2.75) is 20.4 Å². The zero-order chi connectivity index (χ0) is 10.4. The van der Waals surface area contributed by atoms with Gasteiger partial charge in [0, 0.05) is 12.7 Å². The van der Waals surface area contributed by atoms with Gasteiger partial charge in [0.05, 0.1) is 12.2 Å². The summed E-state index contributed by atoms with van der Waals surface area (Å²) in [6.07, 6.45) is 1.77. The molecule has 0 saturated carbocycles. The van der Waals surface area contributed by atoms with Crippen LogP contribution in [0.25, 0.3) is 0 Å². The Hall–Kier alpha value is -1.22. The number of carbonyl (C=O) groups is 1. The van der Waals surface area contributed by atoms with E-state index in [2.05, 4.69) is 9.88 Å². The summed E-state index contributed by atoms with van der Waals surface area (Å²) in [7, 11) is 0. The lowest BCUT2D eigenvalue weighted by Crippen LogP contribution is -2.28. The summed E-state index contributed by atoms with van der Waals surface area (Å²) in [5, 5.41) is 0. The topological polar surface area (TPSA) is 33.2 Å². The minimum atomic E-state index is 0.197. The summed E-state index contributed by atoms with van der Waals surface area (Å²) < 4.78 is 0. The van der Waals surface area contributed by atoms with Crippen LogP contribution in [0.4, 0.5) is 0 Å². The molecule has 3 heteroatoms. The summed E-state index contributed by atoms with van der Waals surface area (Å²) in [5.74, 6) is 0.197. The van der Waals surface area contributed by atoms with Gasteiger partial charge in [-0.2, -0.15) is 0 Å². The fourth-order valence-electron chi connectivity index (χ4n) is 1.32. The van der Waals surface area contributed by atoms with Crippen LogP contribution >= 0.6 is 0 Å². The van der Waals surface area contributed by atoms with E-state index in [9.17, 15) is 4.79 Å². The largest absolute Gasteiger partial charge is 0.299 e. The van der Waals surface area contributed by atoms with Gasteiger partial charge >= 0.3 is 0 Å². The van der Waals surface area contributed by atoms with Crippen LogP contribution < -0.4 is 0 Å². The number of pyridine rings is 1. The van der Waals surface area contributed by atoms with Crippen molar-refractivity contribution in [2.75, 3.05) is 13.1 Å². The van der Waals surface area contributed by atoms with E-state index in [1.807, 2.05) is 25.1 Å². The quantitative estimate of drug-likeness (QED) is 0.708. The average molecular weight is 192 g/mol. The number of aromatic nitrogens is 1. The number of hydrogen-bond acceptors (Lipinski definition) is 3. The standard InChI is InChI=1S/C11H16N2O/c1-3-13(8-10(2)14)9-11-6-4-5-7-12-11/h4-7H,3,8-9H2,1-2H3. The molecule has 0 aliphatic rings. The van der Waals surface area contributed by atoms with Crippen LogP contribution in [0.5, 0.6) is 0 Å². The Kier molecular flexibility index (Phi) is 4.26. The first-order chi connectivity index (χ1) is 6.72. The van der Waals surface area contributed by atoms with E-state index in [0.29, 0.717) is 6.54 Å². The molecule has 1 heterocycles. The molecule has 0 spiro atoms. The lowest BCUT2D eigenvalue weighted by molar-refractivity contribution is -0.118. The molecule has 0 saturated heterocycles. The Morgan fingerprint density at radius 2 is 2.29 bits per heavy atom. The van der Waals surface area contributed by atoms with Crippen molar-refractivity contribution in [1.29, 1.82) is 0 Å². The zero-order valence-electron chi connectivity index (χ0n) is 8.73. The highest BCUT2D eigenvalue weighted by Gasteiger charge is 2.06. The highest BCUT2D eigenvalue weighted by atomic mass is 16.1. The first-order valence-corrected chi connectivity index (χ1v) is 4.84. The molecular weight excluding hydrogens is 176 g/mol. The average Bonchev–Trinajstić information content (AvgIpc) is 2.17. The molecule has 0 aromatic carbocycles. The molecule has 76 valence electrons. The number of likely N-dealkylation sites (N-methyl/N-ethyl adjacent to an activating group) is 1. The van der Waals surface area contributed by atoms with Gasteiger partial charge in [-0.3, -0.25) is 14.7 Å². The van der Waals surface area contributed by atoms with Gasteiger partial charge in [0.25, 0.3) is 0 Å². The SMILES string of the molecule is CCN(CC(C)=O)Cc1ccccn1. The number of nitrogens with zero attached hydrogens (tertiary/aromatic N) is 2. The van der Waals surface area contributed by atoms with Crippen molar-refractivity contribution in [3.63, 3.8) is 0 Å². The zero-order valence-corrected chi connectivity index (χ0v) is 8.73. The first-order valence-electron chi connectivity index (χ1n) is 4.84. The molecule has 1 aromatic rings. The second-order valence-corrected chi connectivity index (χ2v) is 3.33. The number of rotatable bonds is 5. The van der Waals surface area contributed by atoms with Crippen LogP contribution in [-0.2, 0) is 11.3 Å². The Labute approximate surface area is 84.8 Å². The normalized spacial score (nSPS) is 10.5. The van der Waals surface area contributed by atoms with Crippen LogP contribution in [0, 0.1) is 0 Å². The van der Waals surface area contributed by atoms with Crippen molar-refractivity contribution in [2.24, 2.45) is 0 Å². The van der Waals surface area contributed by atoms with Crippen LogP contribution in [0.2, 0.25) is 0 Å². The predicted octanol–water partition coefficient (Wildman–Crippen LogP) is 1.49. The summed E-state index contributed by atoms with van der Waals surface area (Å²) in [6, 6.07) is 5.83. The van der Waals surface area contributed by atoms with Crippen molar-refractivity contribution < 1.29 is 4.79 Å². The maximum atomic E-state index is 10.9. The molecule has 0 radical (unpaired) electrons. The van der Waals surface area contributed by atoms with Crippen LogP contribution in [0.15, 0.2) is 24.4 Å². The van der Waals surface area contributed by atoms with Gasteiger partial charge in [0.15, 0.2) is 0 Å². The summed E-state index contributed by atoms with van der Waals surface area (Å²) >= 11 is 0. The monoisotopic (exact) mass is 192 g/mol. The van der Waals surface area contributed by atoms with Crippen molar-refractivity contribution in [3.8, 4) is 0 Å². The van der Waals surface area contributed by atoms with Crippen LogP contribution in [0.3, 0.4) is 0 Å². The third-order valence-corrected chi connectivity index (χ3v) is 2.01. The maximum Gasteiger partial charge on any atom is 0.143 e. The molecular formula is C11H16N2O. The molecule has 0 bridgehead atoms. The summed E-state index contributed by atoms with van der Waals surface area (Å²) in [5.41, 5.74) is 1.01. The Bertz CT molecular complexity index is 285. The molecule has 0 aliphatic heterocycles. The lowest BCUT2D eigenvalue weighted by Gasteiger charge is -2.17. The van der Waals surface area contributed by atoms with Crippen LogP contribution in [-0.4, -0.2) is 28.8 Å². The Morgan fingerprint density at radius 3 is 2.79 bits per heavy atom. The molecule has 0 N–H and O–H groups in total. The number of Topliss-reactive ketones (excluding diaryl/α,β-unsaturated/α-hetero) is 1. The van der Waals surface area contributed by atoms with Gasteiger partial charge in [-0.05, 0) is 25.6 Å². The van der Waals surface area contributed by atoms with E-state index >= 15 is 0 Å². The fraction of sp³-hybridized carbons (Fsp3) is 0.455. The van der Waals surface area contributed by atoms with Gasteiger partial charge in [0.1, 0.15) is 5.78 Å². The third-order valence-electron chi connectivity index (χ3n) is 2.01. The van der Waals surface area contributed by atoms with Crippen molar-refractivity contribution in [3.05, 3.63) is 30.1 Å². The maximum absolute atomic E-state index is 10.9. The van der Waals surface area contributed by atoms with Gasteiger partial charge in [-0.1, -0.05) is 13.0 Å². The lowest BCUT2D eigenvalue weighted by atomic mass is 10.3. The Morgan fingerprint density at radius 1 is 1.50 bits per heavy atom. The molecule has 3 nitrogen and oxygen atoms in total. The minimum Gasteiger partial charge on any atom is -0.299 e.